The summed E-state index contributed by atoms with van der Waals surface area (Å²) in [6.45, 7) is 7.18. The van der Waals surface area contributed by atoms with Crippen LogP contribution in [0.25, 0.3) is 21.6 Å². The van der Waals surface area contributed by atoms with Crippen LogP contribution in [0.4, 0.5) is 0 Å². The highest BCUT2D eigenvalue weighted by molar-refractivity contribution is 7.13. The number of hydrogen-bond acceptors (Lipinski definition) is 5. The highest BCUT2D eigenvalue weighted by Gasteiger charge is 2.28. The average molecular weight is 386 g/mol. The number of nitrogens with zero attached hydrogens (tertiary/aromatic N) is 3. The number of hydrogen-bond donors (Lipinski definition) is 2. The summed E-state index contributed by atoms with van der Waals surface area (Å²) in [5.41, 5.74) is 0.720. The van der Waals surface area contributed by atoms with Gasteiger partial charge in [0.25, 0.3) is 5.91 Å². The maximum atomic E-state index is 12.9. The molecule has 0 aromatic carbocycles. The fourth-order valence-corrected chi connectivity index (χ4v) is 3.29. The summed E-state index contributed by atoms with van der Waals surface area (Å²) in [5, 5.41) is 19.0. The van der Waals surface area contributed by atoms with E-state index in [9.17, 15) is 14.7 Å². The summed E-state index contributed by atoms with van der Waals surface area (Å²) in [6.07, 6.45) is 1.64. The normalized spacial score (nSPS) is 11.9. The molecule has 0 aliphatic carbocycles. The zero-order valence-electron chi connectivity index (χ0n) is 15.7. The zero-order valence-corrected chi connectivity index (χ0v) is 16.5. The van der Waals surface area contributed by atoms with Gasteiger partial charge < -0.3 is 10.4 Å². The Morgan fingerprint density at radius 1 is 1.37 bits per heavy atom. The quantitative estimate of drug-likeness (QED) is 0.675. The molecule has 0 aliphatic heterocycles. The van der Waals surface area contributed by atoms with E-state index in [0.717, 1.165) is 4.88 Å². The number of carbonyl (C=O) groups excluding carboxylic acids is 1. The molecule has 3 rings (SSSR count). The maximum Gasteiger partial charge on any atom is 0.310 e. The molecule has 0 unspecified atom stereocenters. The molecule has 27 heavy (non-hydrogen) atoms. The van der Waals surface area contributed by atoms with Crippen molar-refractivity contribution >= 4 is 34.2 Å². The van der Waals surface area contributed by atoms with Gasteiger partial charge in [-0.05, 0) is 45.2 Å². The lowest BCUT2D eigenvalue weighted by molar-refractivity contribution is -0.146. The van der Waals surface area contributed by atoms with Gasteiger partial charge in [0.1, 0.15) is 0 Å². The van der Waals surface area contributed by atoms with Crippen LogP contribution in [0.5, 0.6) is 0 Å². The molecule has 0 saturated carbocycles. The molecule has 0 radical (unpaired) electrons. The predicted molar refractivity (Wildman–Crippen MR) is 105 cm³/mol. The van der Waals surface area contributed by atoms with Gasteiger partial charge in [-0.25, -0.2) is 9.67 Å². The van der Waals surface area contributed by atoms with Gasteiger partial charge in [-0.1, -0.05) is 6.07 Å². The van der Waals surface area contributed by atoms with Crippen LogP contribution < -0.4 is 5.32 Å². The molecular formula is C19H22N4O3S. The van der Waals surface area contributed by atoms with E-state index in [1.807, 2.05) is 31.4 Å². The van der Waals surface area contributed by atoms with Crippen molar-refractivity contribution in [3.05, 3.63) is 35.3 Å². The van der Waals surface area contributed by atoms with Gasteiger partial charge in [-0.15, -0.1) is 11.3 Å². The third-order valence-electron chi connectivity index (χ3n) is 4.34. The lowest BCUT2D eigenvalue weighted by Crippen LogP contribution is -2.39. The highest BCUT2D eigenvalue weighted by Crippen LogP contribution is 2.29. The number of fused-ring (bicyclic) bond motifs is 1. The molecule has 3 aromatic heterocycles. The van der Waals surface area contributed by atoms with Crippen molar-refractivity contribution in [2.75, 3.05) is 6.54 Å². The number of carboxylic acid groups (broad SMARTS) is 1. The van der Waals surface area contributed by atoms with Gasteiger partial charge in [0.05, 0.1) is 33.1 Å². The second-order valence-electron chi connectivity index (χ2n) is 7.32. The molecule has 0 saturated heterocycles. The molecule has 142 valence electrons. The molecule has 3 heterocycles. The Hall–Kier alpha value is -2.74. The summed E-state index contributed by atoms with van der Waals surface area (Å²) in [6, 6.07) is 5.71. The monoisotopic (exact) mass is 386 g/mol. The first-order valence-electron chi connectivity index (χ1n) is 8.64. The number of amides is 1. The molecule has 2 N–H and O–H groups in total. The molecule has 7 nitrogen and oxygen atoms in total. The van der Waals surface area contributed by atoms with Crippen LogP contribution >= 0.6 is 11.3 Å². The Morgan fingerprint density at radius 3 is 2.70 bits per heavy atom. The maximum absolute atomic E-state index is 12.9. The molecule has 0 atom stereocenters. The molecule has 0 aliphatic rings. The third kappa shape index (κ3) is 3.71. The molecule has 8 heteroatoms. The number of rotatable bonds is 6. The first-order valence-corrected chi connectivity index (χ1v) is 9.52. The summed E-state index contributed by atoms with van der Waals surface area (Å²) in [5.74, 6) is -1.30. The minimum absolute atomic E-state index is 0.0254. The van der Waals surface area contributed by atoms with Crippen molar-refractivity contribution in [1.29, 1.82) is 0 Å². The second-order valence-corrected chi connectivity index (χ2v) is 8.27. The fraction of sp³-hybridized carbons (Fsp3) is 0.368. The Kier molecular flexibility index (Phi) is 5.01. The van der Waals surface area contributed by atoms with Gasteiger partial charge >= 0.3 is 5.97 Å². The number of nitrogens with one attached hydrogen (secondary N) is 1. The van der Waals surface area contributed by atoms with E-state index < -0.39 is 11.4 Å². The summed E-state index contributed by atoms with van der Waals surface area (Å²) < 4.78 is 1.78. The molecule has 1 amide bonds. The van der Waals surface area contributed by atoms with Crippen LogP contribution in [-0.2, 0) is 4.79 Å². The van der Waals surface area contributed by atoms with Gasteiger partial charge in [-0.3, -0.25) is 9.59 Å². The van der Waals surface area contributed by atoms with Crippen molar-refractivity contribution in [2.24, 2.45) is 5.41 Å². The van der Waals surface area contributed by atoms with Crippen LogP contribution in [0.1, 0.15) is 44.1 Å². The van der Waals surface area contributed by atoms with Gasteiger partial charge in [0, 0.05) is 12.6 Å². The topological polar surface area (TPSA) is 97.1 Å². The number of carboxylic acids is 1. The van der Waals surface area contributed by atoms with Crippen LogP contribution in [0.15, 0.2) is 29.8 Å². The van der Waals surface area contributed by atoms with E-state index in [1.165, 1.54) is 0 Å². The van der Waals surface area contributed by atoms with Crippen molar-refractivity contribution in [3.8, 4) is 10.6 Å². The summed E-state index contributed by atoms with van der Waals surface area (Å²) in [4.78, 5) is 29.8. The number of carbonyl (C=O) groups is 2. The molecule has 0 bridgehead atoms. The molecule has 3 aromatic rings. The number of pyridine rings is 1. The first kappa shape index (κ1) is 19.0. The van der Waals surface area contributed by atoms with E-state index in [4.69, 9.17) is 4.98 Å². The molecule has 0 spiro atoms. The van der Waals surface area contributed by atoms with E-state index in [1.54, 1.807) is 42.1 Å². The van der Waals surface area contributed by atoms with Crippen molar-refractivity contribution in [1.82, 2.24) is 20.1 Å². The van der Waals surface area contributed by atoms with Crippen LogP contribution in [-0.4, -0.2) is 38.3 Å². The van der Waals surface area contributed by atoms with Crippen LogP contribution in [0.3, 0.4) is 0 Å². The minimum Gasteiger partial charge on any atom is -0.481 e. The van der Waals surface area contributed by atoms with Crippen molar-refractivity contribution in [3.63, 3.8) is 0 Å². The van der Waals surface area contributed by atoms with Gasteiger partial charge in [0.2, 0.25) is 0 Å². The van der Waals surface area contributed by atoms with E-state index >= 15 is 0 Å². The van der Waals surface area contributed by atoms with E-state index in [2.05, 4.69) is 10.4 Å². The summed E-state index contributed by atoms with van der Waals surface area (Å²) in [7, 11) is 0. The lowest BCUT2D eigenvalue weighted by Gasteiger charge is -2.19. The largest absolute Gasteiger partial charge is 0.481 e. The SMILES string of the molecule is CC(C)n1ncc2c(C(=O)NCC(C)(C)C(=O)O)cc(-c3cccs3)nc21. The Balaban J connectivity index is 2.05. The Bertz CT molecular complexity index is 990. The lowest BCUT2D eigenvalue weighted by atomic mass is 9.94. The Morgan fingerprint density at radius 2 is 2.11 bits per heavy atom. The van der Waals surface area contributed by atoms with Crippen molar-refractivity contribution < 1.29 is 14.7 Å². The fourth-order valence-electron chi connectivity index (χ4n) is 2.61. The third-order valence-corrected chi connectivity index (χ3v) is 5.24. The van der Waals surface area contributed by atoms with Crippen LogP contribution in [0, 0.1) is 5.41 Å². The highest BCUT2D eigenvalue weighted by atomic mass is 32.1. The zero-order chi connectivity index (χ0) is 19.8. The minimum atomic E-state index is -1.06. The number of thiophene rings is 1. The summed E-state index contributed by atoms with van der Waals surface area (Å²) >= 11 is 1.54. The van der Waals surface area contributed by atoms with Crippen molar-refractivity contribution in [2.45, 2.75) is 33.7 Å². The molecule has 0 fully saturated rings. The van der Waals surface area contributed by atoms with Gasteiger partial charge in [-0.2, -0.15) is 5.10 Å². The smallest absolute Gasteiger partial charge is 0.310 e. The predicted octanol–water partition coefficient (Wildman–Crippen LogP) is 3.58. The van der Waals surface area contributed by atoms with E-state index in [-0.39, 0.29) is 18.5 Å². The second kappa shape index (κ2) is 7.11. The number of aliphatic carboxylic acids is 1. The molecular weight excluding hydrogens is 364 g/mol. The average Bonchev–Trinajstić information content (AvgIpc) is 3.27. The standard InChI is InChI=1S/C19H22N4O3S/c1-11(2)23-16-13(9-21-23)12(8-14(22-16)15-6-5-7-27-15)17(24)20-10-19(3,4)18(25)26/h5-9,11H,10H2,1-4H3,(H,20,24)(H,25,26). The number of aromatic nitrogens is 3. The first-order chi connectivity index (χ1) is 12.7. The van der Waals surface area contributed by atoms with Gasteiger partial charge in [0.15, 0.2) is 5.65 Å². The van der Waals surface area contributed by atoms with E-state index in [0.29, 0.717) is 22.3 Å². The van der Waals surface area contributed by atoms with Crippen LogP contribution in [0.2, 0.25) is 0 Å². The Labute approximate surface area is 161 Å².